The number of hydrogen-bond donors (Lipinski definition) is 0. The molecule has 0 bridgehead atoms. The molecule has 4 nitrogen and oxygen atoms in total. The zero-order valence-corrected chi connectivity index (χ0v) is 11.1. The number of likely N-dealkylation sites (tertiary alicyclic amines) is 1. The number of ether oxygens (including phenoxy) is 1. The van der Waals surface area contributed by atoms with E-state index < -0.39 is 5.60 Å². The lowest BCUT2D eigenvalue weighted by atomic mass is 9.99. The van der Waals surface area contributed by atoms with Gasteiger partial charge in [-0.25, -0.2) is 4.79 Å². The van der Waals surface area contributed by atoms with Crippen molar-refractivity contribution in [1.82, 2.24) is 4.90 Å². The molecule has 1 rings (SSSR count). The van der Waals surface area contributed by atoms with E-state index in [9.17, 15) is 9.59 Å². The van der Waals surface area contributed by atoms with Crippen molar-refractivity contribution in [2.75, 3.05) is 13.1 Å². The van der Waals surface area contributed by atoms with Gasteiger partial charge in [0.15, 0.2) is 5.78 Å². The van der Waals surface area contributed by atoms with Crippen molar-refractivity contribution in [1.29, 1.82) is 0 Å². The number of hydrogen-bond acceptors (Lipinski definition) is 3. The first kappa shape index (κ1) is 13.7. The Hall–Kier alpha value is -1.32. The fourth-order valence-electron chi connectivity index (χ4n) is 1.82. The Morgan fingerprint density at radius 1 is 1.35 bits per heavy atom. The third-order valence-corrected chi connectivity index (χ3v) is 2.63. The number of nitrogens with zero attached hydrogens (tertiary/aromatic N) is 1. The van der Waals surface area contributed by atoms with Crippen LogP contribution in [0.5, 0.6) is 0 Å². The smallest absolute Gasteiger partial charge is 0.410 e. The molecule has 0 aromatic heterocycles. The van der Waals surface area contributed by atoms with Gasteiger partial charge in [-0.05, 0) is 39.7 Å². The molecule has 1 heterocycles. The third-order valence-electron chi connectivity index (χ3n) is 2.63. The fraction of sp³-hybridized carbons (Fsp3) is 0.692. The molecular weight excluding hydrogens is 218 g/mol. The molecule has 0 aliphatic carbocycles. The van der Waals surface area contributed by atoms with Crippen LogP contribution in [0.3, 0.4) is 0 Å². The van der Waals surface area contributed by atoms with Crippen LogP contribution in [0.2, 0.25) is 0 Å². The molecule has 0 saturated carbocycles. The molecule has 1 atom stereocenters. The summed E-state index contributed by atoms with van der Waals surface area (Å²) in [5.74, 6) is -0.0592. The van der Waals surface area contributed by atoms with E-state index >= 15 is 0 Å². The predicted molar refractivity (Wildman–Crippen MR) is 65.7 cm³/mol. The molecule has 96 valence electrons. The van der Waals surface area contributed by atoms with Gasteiger partial charge in [-0.2, -0.15) is 0 Å². The van der Waals surface area contributed by atoms with Gasteiger partial charge < -0.3 is 9.64 Å². The Morgan fingerprint density at radius 2 is 1.94 bits per heavy atom. The number of ketones is 1. The van der Waals surface area contributed by atoms with Gasteiger partial charge in [0, 0.05) is 19.0 Å². The molecule has 1 unspecified atom stereocenters. The van der Waals surface area contributed by atoms with Crippen LogP contribution < -0.4 is 0 Å². The summed E-state index contributed by atoms with van der Waals surface area (Å²) in [6, 6.07) is 0. The molecule has 0 aromatic rings. The van der Waals surface area contributed by atoms with Gasteiger partial charge in [-0.3, -0.25) is 4.79 Å². The van der Waals surface area contributed by atoms with Crippen molar-refractivity contribution in [2.45, 2.75) is 39.7 Å². The van der Waals surface area contributed by atoms with E-state index in [0.29, 0.717) is 25.1 Å². The van der Waals surface area contributed by atoms with E-state index in [0.717, 1.165) is 0 Å². The number of rotatable bonds is 2. The van der Waals surface area contributed by atoms with Crippen molar-refractivity contribution in [3.05, 3.63) is 12.2 Å². The van der Waals surface area contributed by atoms with E-state index in [1.165, 1.54) is 0 Å². The highest BCUT2D eigenvalue weighted by Gasteiger charge is 2.33. The molecule has 1 fully saturated rings. The molecule has 1 aliphatic rings. The van der Waals surface area contributed by atoms with Gasteiger partial charge in [0.1, 0.15) is 5.60 Å². The topological polar surface area (TPSA) is 46.6 Å². The molecule has 4 heteroatoms. The maximum absolute atomic E-state index is 11.8. The van der Waals surface area contributed by atoms with Crippen LogP contribution in [0, 0.1) is 5.92 Å². The number of allylic oxidation sites excluding steroid dienone is 1. The van der Waals surface area contributed by atoms with E-state index in [1.54, 1.807) is 11.8 Å². The quantitative estimate of drug-likeness (QED) is 0.695. The van der Waals surface area contributed by atoms with Crippen LogP contribution in [0.1, 0.15) is 34.1 Å². The minimum atomic E-state index is -0.493. The number of carbonyl (C=O) groups is 2. The van der Waals surface area contributed by atoms with Crippen molar-refractivity contribution in [3.8, 4) is 0 Å². The monoisotopic (exact) mass is 239 g/mol. The van der Waals surface area contributed by atoms with Crippen LogP contribution >= 0.6 is 0 Å². The largest absolute Gasteiger partial charge is 0.444 e. The Bertz CT molecular complexity index is 341. The second kappa shape index (κ2) is 4.90. The standard InChI is InChI=1S/C13H21NO3/c1-9(2)11(15)10-6-7-14(8-10)12(16)17-13(3,4)5/h10H,1,6-8H2,2-5H3. The first-order chi connectivity index (χ1) is 7.70. The Morgan fingerprint density at radius 3 is 2.41 bits per heavy atom. The summed E-state index contributed by atoms with van der Waals surface area (Å²) in [7, 11) is 0. The van der Waals surface area contributed by atoms with Gasteiger partial charge in [-0.15, -0.1) is 0 Å². The zero-order chi connectivity index (χ0) is 13.2. The Labute approximate surface area is 103 Å². The lowest BCUT2D eigenvalue weighted by molar-refractivity contribution is -0.118. The second-order valence-electron chi connectivity index (χ2n) is 5.56. The minimum Gasteiger partial charge on any atom is -0.444 e. The van der Waals surface area contributed by atoms with E-state index in [4.69, 9.17) is 4.74 Å². The van der Waals surface area contributed by atoms with Crippen LogP contribution in [-0.4, -0.2) is 35.5 Å². The van der Waals surface area contributed by atoms with Crippen molar-refractivity contribution >= 4 is 11.9 Å². The summed E-state index contributed by atoms with van der Waals surface area (Å²) in [5, 5.41) is 0. The van der Waals surface area contributed by atoms with E-state index in [1.807, 2.05) is 20.8 Å². The van der Waals surface area contributed by atoms with E-state index in [2.05, 4.69) is 6.58 Å². The first-order valence-corrected chi connectivity index (χ1v) is 5.88. The predicted octanol–water partition coefficient (Wildman–Crippen LogP) is 2.39. The summed E-state index contributed by atoms with van der Waals surface area (Å²) in [6.07, 6.45) is 0.361. The molecular formula is C13H21NO3. The van der Waals surface area contributed by atoms with E-state index in [-0.39, 0.29) is 17.8 Å². The molecule has 0 spiro atoms. The Balaban J connectivity index is 2.53. The number of amides is 1. The summed E-state index contributed by atoms with van der Waals surface area (Å²) < 4.78 is 5.26. The van der Waals surface area contributed by atoms with Gasteiger partial charge in [0.2, 0.25) is 0 Å². The summed E-state index contributed by atoms with van der Waals surface area (Å²) in [4.78, 5) is 25.1. The molecule has 1 aliphatic heterocycles. The lowest BCUT2D eigenvalue weighted by Gasteiger charge is -2.24. The Kier molecular flexibility index (Phi) is 3.96. The molecule has 1 saturated heterocycles. The van der Waals surface area contributed by atoms with Gasteiger partial charge >= 0.3 is 6.09 Å². The fourth-order valence-corrected chi connectivity index (χ4v) is 1.82. The maximum atomic E-state index is 11.8. The van der Waals surface area contributed by atoms with Crippen LogP contribution in [0.15, 0.2) is 12.2 Å². The average molecular weight is 239 g/mol. The lowest BCUT2D eigenvalue weighted by Crippen LogP contribution is -2.35. The van der Waals surface area contributed by atoms with Gasteiger partial charge in [0.05, 0.1) is 0 Å². The second-order valence-corrected chi connectivity index (χ2v) is 5.56. The molecule has 17 heavy (non-hydrogen) atoms. The summed E-state index contributed by atoms with van der Waals surface area (Å²) in [6.45, 7) is 11.9. The summed E-state index contributed by atoms with van der Waals surface area (Å²) in [5.41, 5.74) is 0.0640. The van der Waals surface area contributed by atoms with Crippen molar-refractivity contribution in [2.24, 2.45) is 5.92 Å². The average Bonchev–Trinajstić information content (AvgIpc) is 2.62. The van der Waals surface area contributed by atoms with Gasteiger partial charge in [-0.1, -0.05) is 6.58 Å². The third kappa shape index (κ3) is 3.88. The minimum absolute atomic E-state index is 0.0519. The van der Waals surface area contributed by atoms with Gasteiger partial charge in [0.25, 0.3) is 0 Å². The highest BCUT2D eigenvalue weighted by molar-refractivity contribution is 5.96. The molecule has 1 amide bonds. The van der Waals surface area contributed by atoms with Crippen molar-refractivity contribution in [3.63, 3.8) is 0 Å². The SMILES string of the molecule is C=C(C)C(=O)C1CCN(C(=O)OC(C)(C)C)C1. The van der Waals surface area contributed by atoms with Crippen LogP contribution in [-0.2, 0) is 9.53 Å². The highest BCUT2D eigenvalue weighted by Crippen LogP contribution is 2.21. The molecule has 0 N–H and O–H groups in total. The van der Waals surface area contributed by atoms with Crippen molar-refractivity contribution < 1.29 is 14.3 Å². The number of carbonyl (C=O) groups excluding carboxylic acids is 2. The van der Waals surface area contributed by atoms with Crippen LogP contribution in [0.4, 0.5) is 4.79 Å². The summed E-state index contributed by atoms with van der Waals surface area (Å²) >= 11 is 0. The normalized spacial score (nSPS) is 20.2. The zero-order valence-electron chi connectivity index (χ0n) is 11.1. The maximum Gasteiger partial charge on any atom is 0.410 e. The molecule has 0 aromatic carbocycles. The highest BCUT2D eigenvalue weighted by atomic mass is 16.6. The first-order valence-electron chi connectivity index (χ1n) is 5.88. The van der Waals surface area contributed by atoms with Crippen LogP contribution in [0.25, 0.3) is 0 Å². The number of Topliss-reactive ketones (excluding diaryl/α,β-unsaturated/α-hetero) is 1. The molecule has 0 radical (unpaired) electrons.